The van der Waals surface area contributed by atoms with E-state index >= 15 is 0 Å². The van der Waals surface area contributed by atoms with Crippen molar-refractivity contribution in [3.8, 4) is 23.6 Å². The number of rotatable bonds is 5. The van der Waals surface area contributed by atoms with E-state index in [1.54, 1.807) is 11.1 Å². The molecule has 2 aromatic heterocycles. The first-order valence-corrected chi connectivity index (χ1v) is 11.3. The van der Waals surface area contributed by atoms with Crippen molar-refractivity contribution in [3.05, 3.63) is 78.4 Å². The van der Waals surface area contributed by atoms with Crippen LogP contribution < -0.4 is 10.6 Å². The minimum atomic E-state index is -0.311. The number of carbonyl (C=O) groups is 1. The van der Waals surface area contributed by atoms with E-state index in [0.29, 0.717) is 12.4 Å². The van der Waals surface area contributed by atoms with Gasteiger partial charge in [0.1, 0.15) is 22.9 Å². The van der Waals surface area contributed by atoms with Crippen LogP contribution in [-0.2, 0) is 11.3 Å². The molecule has 0 saturated carbocycles. The number of hydrogen-bond acceptors (Lipinski definition) is 5. The number of carbonyl (C=O) groups excluding carboxylic acids is 1. The summed E-state index contributed by atoms with van der Waals surface area (Å²) in [7, 11) is 2.07. The topological polar surface area (TPSA) is 79.8 Å². The normalized spacial score (nSPS) is 15.4. The number of nitrogen functional groups attached to an aromatic ring is 1. The average Bonchev–Trinajstić information content (AvgIpc) is 3.50. The first-order valence-electron chi connectivity index (χ1n) is 11.3. The van der Waals surface area contributed by atoms with E-state index in [0.717, 1.165) is 47.7 Å². The number of imidazole rings is 1. The van der Waals surface area contributed by atoms with Gasteiger partial charge in [0.15, 0.2) is 0 Å². The molecule has 1 fully saturated rings. The number of nitrogens with two attached hydrogens (primary N) is 1. The van der Waals surface area contributed by atoms with Gasteiger partial charge >= 0.3 is 0 Å². The lowest BCUT2D eigenvalue weighted by Gasteiger charge is -2.21. The first-order chi connectivity index (χ1) is 16.6. The molecule has 2 aromatic carbocycles. The number of aromatic nitrogens is 3. The third kappa shape index (κ3) is 3.84. The zero-order valence-electron chi connectivity index (χ0n) is 19.1. The van der Waals surface area contributed by atoms with Gasteiger partial charge in [-0.2, -0.15) is 0 Å². The number of terminal acetylenes is 1. The molecule has 7 nitrogen and oxygen atoms in total. The van der Waals surface area contributed by atoms with E-state index in [4.69, 9.17) is 17.1 Å². The summed E-state index contributed by atoms with van der Waals surface area (Å²) in [6.07, 6.45) is 10.6. The molecule has 0 spiro atoms. The summed E-state index contributed by atoms with van der Waals surface area (Å²) in [4.78, 5) is 25.5. The van der Waals surface area contributed by atoms with E-state index in [1.165, 1.54) is 5.56 Å². The van der Waals surface area contributed by atoms with Crippen LogP contribution in [0, 0.1) is 12.3 Å². The van der Waals surface area contributed by atoms with Crippen molar-refractivity contribution in [2.24, 2.45) is 0 Å². The fourth-order valence-corrected chi connectivity index (χ4v) is 4.71. The third-order valence-corrected chi connectivity index (χ3v) is 6.39. The molecule has 1 atom stereocenters. The predicted octanol–water partition coefficient (Wildman–Crippen LogP) is 3.91. The van der Waals surface area contributed by atoms with E-state index in [-0.39, 0.29) is 11.9 Å². The lowest BCUT2D eigenvalue weighted by atomic mass is 10.1. The second-order valence-electron chi connectivity index (χ2n) is 8.54. The number of benzene rings is 2. The lowest BCUT2D eigenvalue weighted by molar-refractivity contribution is -0.126. The highest BCUT2D eigenvalue weighted by atomic mass is 16.2. The Labute approximate surface area is 198 Å². The van der Waals surface area contributed by atoms with Gasteiger partial charge in [-0.3, -0.25) is 9.20 Å². The molecule has 1 aliphatic heterocycles. The molecule has 0 bridgehead atoms. The molecule has 0 unspecified atom stereocenters. The Morgan fingerprint density at radius 3 is 2.71 bits per heavy atom. The van der Waals surface area contributed by atoms with Crippen molar-refractivity contribution in [1.82, 2.24) is 19.3 Å². The smallest absolute Gasteiger partial charge is 0.298 e. The fourth-order valence-electron chi connectivity index (χ4n) is 4.71. The molecule has 2 N–H and O–H groups in total. The predicted molar refractivity (Wildman–Crippen MR) is 134 cm³/mol. The summed E-state index contributed by atoms with van der Waals surface area (Å²) < 4.78 is 1.94. The maximum atomic E-state index is 12.3. The van der Waals surface area contributed by atoms with Crippen molar-refractivity contribution in [1.29, 1.82) is 0 Å². The van der Waals surface area contributed by atoms with Crippen LogP contribution in [0.25, 0.3) is 16.8 Å². The summed E-state index contributed by atoms with van der Waals surface area (Å²) >= 11 is 0. The van der Waals surface area contributed by atoms with Gasteiger partial charge in [0.25, 0.3) is 5.91 Å². The summed E-state index contributed by atoms with van der Waals surface area (Å²) in [6.45, 7) is 1.44. The fraction of sp³-hybridized carbons (Fsp3) is 0.222. The first kappa shape index (κ1) is 21.5. The van der Waals surface area contributed by atoms with Crippen LogP contribution in [0.4, 0.5) is 11.5 Å². The van der Waals surface area contributed by atoms with Gasteiger partial charge in [-0.05, 0) is 36.5 Å². The number of amides is 1. The van der Waals surface area contributed by atoms with Gasteiger partial charge in [0, 0.05) is 43.8 Å². The number of likely N-dealkylation sites (tertiary alicyclic amines) is 1. The van der Waals surface area contributed by atoms with Gasteiger partial charge in [-0.15, -0.1) is 6.42 Å². The van der Waals surface area contributed by atoms with Crippen LogP contribution in [0.5, 0.6) is 0 Å². The zero-order valence-corrected chi connectivity index (χ0v) is 19.1. The Hall–Kier alpha value is -4.31. The summed E-state index contributed by atoms with van der Waals surface area (Å²) in [5.74, 6) is 3.09. The molecule has 4 aromatic rings. The SMILES string of the molecule is C#CC(=O)N1CCC[C@H]1c1nc(-c2ccc(N(C)Cc3ccccc3)cc2)c2c(N)nccn12. The van der Waals surface area contributed by atoms with Crippen molar-refractivity contribution in [2.75, 3.05) is 24.2 Å². The van der Waals surface area contributed by atoms with Crippen molar-refractivity contribution >= 4 is 22.9 Å². The molecule has 1 saturated heterocycles. The standard InChI is InChI=1S/C27H26N6O/c1-3-23(34)32-16-7-10-22(32)27-30-24(25-26(28)29-15-17-33(25)27)20-11-13-21(14-12-20)31(2)18-19-8-5-4-6-9-19/h1,4-6,8-9,11-15,17,22H,7,10,16,18H2,2H3,(H2,28,29)/t22-/m0/s1. The monoisotopic (exact) mass is 450 g/mol. The largest absolute Gasteiger partial charge is 0.382 e. The Morgan fingerprint density at radius 1 is 1.21 bits per heavy atom. The third-order valence-electron chi connectivity index (χ3n) is 6.39. The number of nitrogens with zero attached hydrogens (tertiary/aromatic N) is 5. The van der Waals surface area contributed by atoms with Crippen molar-refractivity contribution in [3.63, 3.8) is 0 Å². The lowest BCUT2D eigenvalue weighted by Crippen LogP contribution is -2.30. The Balaban J connectivity index is 1.51. The highest BCUT2D eigenvalue weighted by molar-refractivity contribution is 5.93. The van der Waals surface area contributed by atoms with Crippen LogP contribution in [0.15, 0.2) is 67.0 Å². The van der Waals surface area contributed by atoms with Crippen LogP contribution in [0.3, 0.4) is 0 Å². The van der Waals surface area contributed by atoms with E-state index in [9.17, 15) is 4.79 Å². The Bertz CT molecular complexity index is 1370. The molecule has 170 valence electrons. The summed E-state index contributed by atoms with van der Waals surface area (Å²) in [6, 6.07) is 18.4. The molecule has 7 heteroatoms. The molecular weight excluding hydrogens is 424 g/mol. The highest BCUT2D eigenvalue weighted by Crippen LogP contribution is 2.36. The van der Waals surface area contributed by atoms with Gasteiger partial charge < -0.3 is 15.5 Å². The highest BCUT2D eigenvalue weighted by Gasteiger charge is 2.33. The minimum absolute atomic E-state index is 0.192. The molecular formula is C27H26N6O. The maximum absolute atomic E-state index is 12.3. The number of hydrogen-bond donors (Lipinski definition) is 1. The molecule has 5 rings (SSSR count). The molecule has 1 amide bonds. The zero-order chi connectivity index (χ0) is 23.7. The quantitative estimate of drug-likeness (QED) is 0.467. The molecule has 0 aliphatic carbocycles. The van der Waals surface area contributed by atoms with Gasteiger partial charge in [0.05, 0.1) is 6.04 Å². The van der Waals surface area contributed by atoms with E-state index in [2.05, 4.69) is 59.3 Å². The summed E-state index contributed by atoms with van der Waals surface area (Å²) in [5.41, 5.74) is 11.1. The molecule has 34 heavy (non-hydrogen) atoms. The number of anilines is 2. The van der Waals surface area contributed by atoms with Crippen molar-refractivity contribution < 1.29 is 4.79 Å². The molecule has 1 aliphatic rings. The van der Waals surface area contributed by atoms with Gasteiger partial charge in [-0.25, -0.2) is 9.97 Å². The number of fused-ring (bicyclic) bond motifs is 1. The second-order valence-corrected chi connectivity index (χ2v) is 8.54. The van der Waals surface area contributed by atoms with Crippen molar-refractivity contribution in [2.45, 2.75) is 25.4 Å². The van der Waals surface area contributed by atoms with Crippen LogP contribution in [0.2, 0.25) is 0 Å². The van der Waals surface area contributed by atoms with Gasteiger partial charge in [0.2, 0.25) is 0 Å². The Morgan fingerprint density at radius 2 is 1.97 bits per heavy atom. The van der Waals surface area contributed by atoms with Gasteiger partial charge in [-0.1, -0.05) is 42.5 Å². The van der Waals surface area contributed by atoms with Crippen LogP contribution >= 0.6 is 0 Å². The van der Waals surface area contributed by atoms with E-state index < -0.39 is 0 Å². The summed E-state index contributed by atoms with van der Waals surface area (Å²) in [5, 5.41) is 0. The van der Waals surface area contributed by atoms with E-state index in [1.807, 2.05) is 28.8 Å². The average molecular weight is 451 g/mol. The van der Waals surface area contributed by atoms with Crippen LogP contribution in [-0.4, -0.2) is 38.8 Å². The maximum Gasteiger partial charge on any atom is 0.298 e. The molecule has 0 radical (unpaired) electrons. The van der Waals surface area contributed by atoms with Crippen LogP contribution in [0.1, 0.15) is 30.3 Å². The Kier molecular flexibility index (Phi) is 5.64. The molecule has 3 heterocycles. The minimum Gasteiger partial charge on any atom is -0.382 e. The second kappa shape index (κ2) is 8.91.